The van der Waals surface area contributed by atoms with Crippen LogP contribution in [0.2, 0.25) is 0 Å². The van der Waals surface area contributed by atoms with E-state index in [1.54, 1.807) is 36.1 Å². The quantitative estimate of drug-likeness (QED) is 0.713. The first-order chi connectivity index (χ1) is 14.3. The van der Waals surface area contributed by atoms with Crippen molar-refractivity contribution in [3.8, 4) is 5.75 Å². The van der Waals surface area contributed by atoms with Crippen molar-refractivity contribution in [3.05, 3.63) is 65.7 Å². The van der Waals surface area contributed by atoms with Crippen LogP contribution in [0.25, 0.3) is 0 Å². The lowest BCUT2D eigenvalue weighted by atomic mass is 9.92. The fraction of sp³-hybridized carbons (Fsp3) is 0.348. The van der Waals surface area contributed by atoms with Crippen molar-refractivity contribution in [2.75, 3.05) is 13.7 Å². The van der Waals surface area contributed by atoms with Gasteiger partial charge in [-0.2, -0.15) is 0 Å². The van der Waals surface area contributed by atoms with Gasteiger partial charge >= 0.3 is 6.03 Å². The predicted molar refractivity (Wildman–Crippen MR) is 113 cm³/mol. The van der Waals surface area contributed by atoms with Crippen molar-refractivity contribution in [1.29, 1.82) is 0 Å². The monoisotopic (exact) mass is 409 g/mol. The molecule has 0 aromatic heterocycles. The van der Waals surface area contributed by atoms with Gasteiger partial charge in [-0.3, -0.25) is 14.5 Å². The molecule has 0 radical (unpaired) electrons. The Morgan fingerprint density at radius 3 is 2.47 bits per heavy atom. The van der Waals surface area contributed by atoms with Crippen molar-refractivity contribution in [2.24, 2.45) is 0 Å². The minimum atomic E-state index is -1.26. The molecule has 1 N–H and O–H groups in total. The first kappa shape index (κ1) is 21.4. The van der Waals surface area contributed by atoms with Gasteiger partial charge in [0.2, 0.25) is 5.91 Å². The van der Waals surface area contributed by atoms with Crippen LogP contribution in [0.4, 0.5) is 4.79 Å². The highest BCUT2D eigenvalue weighted by Gasteiger charge is 2.49. The number of benzene rings is 2. The molecule has 1 heterocycles. The zero-order chi connectivity index (χ0) is 21.9. The second kappa shape index (κ2) is 8.57. The van der Waals surface area contributed by atoms with Crippen LogP contribution in [0.5, 0.6) is 5.75 Å². The molecule has 0 spiro atoms. The van der Waals surface area contributed by atoms with Gasteiger partial charge in [-0.1, -0.05) is 42.5 Å². The van der Waals surface area contributed by atoms with Gasteiger partial charge in [0.05, 0.1) is 7.11 Å². The Bertz CT molecular complexity index is 944. The molecular weight excluding hydrogens is 382 g/mol. The molecule has 1 atom stereocenters. The summed E-state index contributed by atoms with van der Waals surface area (Å²) in [6.07, 6.45) is 0. The van der Waals surface area contributed by atoms with Crippen molar-refractivity contribution >= 4 is 17.8 Å². The predicted octanol–water partition coefficient (Wildman–Crippen LogP) is 2.90. The molecular formula is C23H27N3O4. The summed E-state index contributed by atoms with van der Waals surface area (Å²) in [5.74, 6) is -0.163. The Morgan fingerprint density at radius 2 is 1.83 bits per heavy atom. The van der Waals surface area contributed by atoms with Gasteiger partial charge < -0.3 is 15.0 Å². The molecule has 30 heavy (non-hydrogen) atoms. The third-order valence-electron chi connectivity index (χ3n) is 5.35. The Hall–Kier alpha value is -3.35. The van der Waals surface area contributed by atoms with Crippen molar-refractivity contribution in [1.82, 2.24) is 15.1 Å². The number of amides is 4. The largest absolute Gasteiger partial charge is 0.497 e. The molecule has 7 heteroatoms. The third kappa shape index (κ3) is 4.15. The molecule has 0 saturated carbocycles. The van der Waals surface area contributed by atoms with Crippen LogP contribution in [-0.2, 0) is 21.7 Å². The summed E-state index contributed by atoms with van der Waals surface area (Å²) in [7, 11) is 1.54. The van der Waals surface area contributed by atoms with Crippen LogP contribution in [0.1, 0.15) is 31.9 Å². The highest BCUT2D eigenvalue weighted by molar-refractivity contribution is 6.09. The molecule has 1 saturated heterocycles. The van der Waals surface area contributed by atoms with Crippen LogP contribution >= 0.6 is 0 Å². The minimum Gasteiger partial charge on any atom is -0.497 e. The summed E-state index contributed by atoms with van der Waals surface area (Å²) in [6.45, 7) is 5.56. The number of hydrogen-bond donors (Lipinski definition) is 1. The lowest BCUT2D eigenvalue weighted by Gasteiger charge is -2.28. The van der Waals surface area contributed by atoms with Crippen molar-refractivity contribution < 1.29 is 19.1 Å². The maximum atomic E-state index is 13.2. The molecule has 1 fully saturated rings. The van der Waals surface area contributed by atoms with Gasteiger partial charge in [-0.15, -0.1) is 0 Å². The molecule has 3 rings (SSSR count). The number of carbonyl (C=O) groups is 3. The van der Waals surface area contributed by atoms with E-state index >= 15 is 0 Å². The smallest absolute Gasteiger partial charge is 0.325 e. The average Bonchev–Trinajstić information content (AvgIpc) is 2.96. The maximum absolute atomic E-state index is 13.2. The van der Waals surface area contributed by atoms with E-state index in [4.69, 9.17) is 4.74 Å². The SMILES string of the molecule is COc1cccc(C2(C)NC(=O)N(CC(=O)N(Cc3ccccc3)C(C)C)C2=O)c1. The van der Waals surface area contributed by atoms with E-state index in [-0.39, 0.29) is 18.5 Å². The van der Waals surface area contributed by atoms with Gasteiger partial charge in [-0.25, -0.2) is 4.79 Å². The van der Waals surface area contributed by atoms with E-state index in [1.807, 2.05) is 44.2 Å². The van der Waals surface area contributed by atoms with E-state index in [0.29, 0.717) is 17.9 Å². The lowest BCUT2D eigenvalue weighted by Crippen LogP contribution is -2.46. The van der Waals surface area contributed by atoms with E-state index < -0.39 is 17.5 Å². The fourth-order valence-electron chi connectivity index (χ4n) is 3.54. The van der Waals surface area contributed by atoms with E-state index in [0.717, 1.165) is 10.5 Å². The highest BCUT2D eigenvalue weighted by Crippen LogP contribution is 2.31. The molecule has 2 aromatic rings. The highest BCUT2D eigenvalue weighted by atomic mass is 16.5. The molecule has 7 nitrogen and oxygen atoms in total. The van der Waals surface area contributed by atoms with Gasteiger partial charge in [0.15, 0.2) is 0 Å². The number of methoxy groups -OCH3 is 1. The lowest BCUT2D eigenvalue weighted by molar-refractivity contribution is -0.140. The number of ether oxygens (including phenoxy) is 1. The first-order valence-electron chi connectivity index (χ1n) is 9.88. The standard InChI is InChI=1S/C23H27N3O4/c1-16(2)25(14-17-9-6-5-7-10-17)20(27)15-26-21(28)23(3,24-22(26)29)18-11-8-12-19(13-18)30-4/h5-13,16H,14-15H2,1-4H3,(H,24,29). The second-order valence-corrected chi connectivity index (χ2v) is 7.78. The van der Waals surface area contributed by atoms with Gasteiger partial charge in [0, 0.05) is 12.6 Å². The summed E-state index contributed by atoms with van der Waals surface area (Å²) < 4.78 is 5.23. The van der Waals surface area contributed by atoms with Gasteiger partial charge in [0.25, 0.3) is 5.91 Å². The molecule has 0 bridgehead atoms. The Kier molecular flexibility index (Phi) is 6.10. The number of imide groups is 1. The van der Waals surface area contributed by atoms with Crippen LogP contribution in [0.15, 0.2) is 54.6 Å². The maximum Gasteiger partial charge on any atom is 0.325 e. The minimum absolute atomic E-state index is 0.0803. The molecule has 158 valence electrons. The number of urea groups is 1. The van der Waals surface area contributed by atoms with E-state index in [9.17, 15) is 14.4 Å². The summed E-state index contributed by atoms with van der Waals surface area (Å²) in [4.78, 5) is 41.4. The fourth-order valence-corrected chi connectivity index (χ4v) is 3.54. The zero-order valence-electron chi connectivity index (χ0n) is 17.7. The molecule has 1 aliphatic heterocycles. The average molecular weight is 409 g/mol. The Morgan fingerprint density at radius 1 is 1.13 bits per heavy atom. The van der Waals surface area contributed by atoms with Crippen LogP contribution < -0.4 is 10.1 Å². The van der Waals surface area contributed by atoms with E-state index in [2.05, 4.69) is 5.32 Å². The van der Waals surface area contributed by atoms with Gasteiger partial charge in [-0.05, 0) is 44.0 Å². The van der Waals surface area contributed by atoms with Crippen molar-refractivity contribution in [3.63, 3.8) is 0 Å². The molecule has 1 aliphatic rings. The molecule has 0 aliphatic carbocycles. The number of rotatable bonds is 7. The summed E-state index contributed by atoms with van der Waals surface area (Å²) in [6, 6.07) is 15.9. The normalized spacial score (nSPS) is 18.5. The summed E-state index contributed by atoms with van der Waals surface area (Å²) in [5, 5.41) is 2.73. The van der Waals surface area contributed by atoms with Crippen LogP contribution in [0, 0.1) is 0 Å². The number of hydrogen-bond acceptors (Lipinski definition) is 4. The Balaban J connectivity index is 1.79. The van der Waals surface area contributed by atoms with E-state index in [1.165, 1.54) is 7.11 Å². The Labute approximate surface area is 176 Å². The molecule has 2 aromatic carbocycles. The van der Waals surface area contributed by atoms with Gasteiger partial charge in [0.1, 0.15) is 17.8 Å². The first-order valence-corrected chi connectivity index (χ1v) is 9.88. The van der Waals surface area contributed by atoms with Crippen molar-refractivity contribution in [2.45, 2.75) is 38.9 Å². The second-order valence-electron chi connectivity index (χ2n) is 7.78. The number of nitrogens with zero attached hydrogens (tertiary/aromatic N) is 2. The molecule has 1 unspecified atom stereocenters. The zero-order valence-corrected chi connectivity index (χ0v) is 17.7. The van der Waals surface area contributed by atoms with Crippen LogP contribution in [0.3, 0.4) is 0 Å². The molecule has 4 amide bonds. The summed E-state index contributed by atoms with van der Waals surface area (Å²) >= 11 is 0. The summed E-state index contributed by atoms with van der Waals surface area (Å²) in [5.41, 5.74) is 0.326. The topological polar surface area (TPSA) is 79.0 Å². The van der Waals surface area contributed by atoms with Crippen LogP contribution in [-0.4, -0.2) is 47.3 Å². The number of nitrogens with one attached hydrogen (secondary N) is 1. The third-order valence-corrected chi connectivity index (χ3v) is 5.35. The number of carbonyl (C=O) groups excluding carboxylic acids is 3.